The van der Waals surface area contributed by atoms with Crippen molar-refractivity contribution in [3.05, 3.63) is 118 Å². The van der Waals surface area contributed by atoms with E-state index in [0.29, 0.717) is 28.3 Å². The van der Waals surface area contributed by atoms with Gasteiger partial charge in [0.15, 0.2) is 16.8 Å². The van der Waals surface area contributed by atoms with Crippen molar-refractivity contribution in [2.45, 2.75) is 6.92 Å². The average molecular weight is 507 g/mol. The van der Waals surface area contributed by atoms with Gasteiger partial charge in [-0.2, -0.15) is 0 Å². The Hall–Kier alpha value is -5.37. The fourth-order valence-electron chi connectivity index (χ4n) is 3.90. The number of fused-ring (bicyclic) bond motifs is 1. The van der Waals surface area contributed by atoms with Crippen LogP contribution in [0.15, 0.2) is 100 Å². The second-order valence-electron chi connectivity index (χ2n) is 8.57. The van der Waals surface area contributed by atoms with Gasteiger partial charge < -0.3 is 25.4 Å². The molecule has 0 aliphatic rings. The third kappa shape index (κ3) is 4.83. The van der Waals surface area contributed by atoms with Gasteiger partial charge in [0.25, 0.3) is 0 Å². The molecule has 0 spiro atoms. The molecule has 0 amide bonds. The highest BCUT2D eigenvalue weighted by molar-refractivity contribution is 5.96. The molecule has 0 saturated carbocycles. The molecular formula is C30H22N2O6. The number of esters is 2. The second kappa shape index (κ2) is 9.94. The molecule has 8 heteroatoms. The molecule has 0 aliphatic heterocycles. The van der Waals surface area contributed by atoms with Crippen molar-refractivity contribution in [1.82, 2.24) is 0 Å². The predicted octanol–water partition coefficient (Wildman–Crippen LogP) is 5.37. The van der Waals surface area contributed by atoms with E-state index in [1.54, 1.807) is 43.3 Å². The molecule has 0 fully saturated rings. The third-order valence-electron chi connectivity index (χ3n) is 5.90. The minimum absolute atomic E-state index is 0.00130. The topological polar surface area (TPSA) is 135 Å². The maximum atomic E-state index is 13.4. The van der Waals surface area contributed by atoms with Gasteiger partial charge >= 0.3 is 11.9 Å². The van der Waals surface area contributed by atoms with Crippen LogP contribution in [0.1, 0.15) is 26.3 Å². The minimum atomic E-state index is -0.710. The Morgan fingerprint density at radius 1 is 0.737 bits per heavy atom. The van der Waals surface area contributed by atoms with Crippen molar-refractivity contribution in [2.75, 3.05) is 11.5 Å². The molecule has 188 valence electrons. The molecule has 0 saturated heterocycles. The van der Waals surface area contributed by atoms with Gasteiger partial charge in [0.05, 0.1) is 16.5 Å². The quantitative estimate of drug-likeness (QED) is 0.184. The summed E-state index contributed by atoms with van der Waals surface area (Å²) in [7, 11) is 0. The summed E-state index contributed by atoms with van der Waals surface area (Å²) in [5.41, 5.74) is 13.6. The molecule has 1 aromatic heterocycles. The minimum Gasteiger partial charge on any atom is -0.452 e. The molecule has 0 radical (unpaired) electrons. The largest absolute Gasteiger partial charge is 0.452 e. The number of rotatable bonds is 5. The van der Waals surface area contributed by atoms with Gasteiger partial charge in [-0.1, -0.05) is 30.3 Å². The van der Waals surface area contributed by atoms with Gasteiger partial charge in [-0.15, -0.1) is 0 Å². The van der Waals surface area contributed by atoms with Crippen molar-refractivity contribution < 1.29 is 23.5 Å². The number of nitrogen functional groups attached to an aromatic ring is 2. The lowest BCUT2D eigenvalue weighted by atomic mass is 10.1. The summed E-state index contributed by atoms with van der Waals surface area (Å²) in [5.74, 6) is -1.14. The zero-order chi connectivity index (χ0) is 26.8. The molecule has 1 heterocycles. The number of nitrogens with two attached hydrogens (primary N) is 2. The summed E-state index contributed by atoms with van der Waals surface area (Å²) < 4.78 is 17.3. The van der Waals surface area contributed by atoms with E-state index in [9.17, 15) is 14.4 Å². The SMILES string of the molecule is Cc1c(-c2ccccc2)oc2c(OC(=O)c3ccc(N)cc3)cc(OC(=O)c3ccc(N)cc3)cc2c1=O. The van der Waals surface area contributed by atoms with Crippen molar-refractivity contribution in [2.24, 2.45) is 0 Å². The number of carbonyl (C=O) groups is 2. The lowest BCUT2D eigenvalue weighted by molar-refractivity contribution is 0.0733. The number of anilines is 2. The number of hydrogen-bond acceptors (Lipinski definition) is 8. The maximum Gasteiger partial charge on any atom is 0.343 e. The fraction of sp³-hybridized carbons (Fsp3) is 0.0333. The van der Waals surface area contributed by atoms with Gasteiger partial charge in [0, 0.05) is 28.6 Å². The molecule has 0 atom stereocenters. The lowest BCUT2D eigenvalue weighted by Crippen LogP contribution is -2.13. The van der Waals surface area contributed by atoms with E-state index < -0.39 is 11.9 Å². The molecule has 5 aromatic rings. The number of benzene rings is 4. The Morgan fingerprint density at radius 3 is 1.87 bits per heavy atom. The molecule has 38 heavy (non-hydrogen) atoms. The van der Waals surface area contributed by atoms with Crippen molar-refractivity contribution >= 4 is 34.3 Å². The first-order chi connectivity index (χ1) is 18.3. The first-order valence-corrected chi connectivity index (χ1v) is 11.6. The Labute approximate surface area is 217 Å². The van der Waals surface area contributed by atoms with Crippen LogP contribution >= 0.6 is 0 Å². The van der Waals surface area contributed by atoms with Gasteiger partial charge in [0.1, 0.15) is 11.5 Å². The Balaban J connectivity index is 1.63. The zero-order valence-electron chi connectivity index (χ0n) is 20.3. The van der Waals surface area contributed by atoms with E-state index in [1.165, 1.54) is 36.4 Å². The van der Waals surface area contributed by atoms with Gasteiger partial charge in [-0.25, -0.2) is 9.59 Å². The van der Waals surface area contributed by atoms with Gasteiger partial charge in [-0.05, 0) is 61.5 Å². The van der Waals surface area contributed by atoms with Crippen LogP contribution in [0.5, 0.6) is 11.5 Å². The summed E-state index contributed by atoms with van der Waals surface area (Å²) in [5, 5.41) is 0.0879. The van der Waals surface area contributed by atoms with E-state index in [0.717, 1.165) is 0 Å². The van der Waals surface area contributed by atoms with E-state index in [-0.39, 0.29) is 39.0 Å². The Morgan fingerprint density at radius 2 is 1.29 bits per heavy atom. The van der Waals surface area contributed by atoms with E-state index in [4.69, 9.17) is 25.4 Å². The van der Waals surface area contributed by atoms with Crippen LogP contribution in [-0.2, 0) is 0 Å². The predicted molar refractivity (Wildman–Crippen MR) is 144 cm³/mol. The highest BCUT2D eigenvalue weighted by atomic mass is 16.5. The van der Waals surface area contributed by atoms with Crippen LogP contribution in [-0.4, -0.2) is 11.9 Å². The summed E-state index contributed by atoms with van der Waals surface area (Å²) in [6.45, 7) is 1.64. The van der Waals surface area contributed by atoms with Crippen molar-refractivity contribution in [3.63, 3.8) is 0 Å². The van der Waals surface area contributed by atoms with Crippen LogP contribution in [0.2, 0.25) is 0 Å². The van der Waals surface area contributed by atoms with E-state index >= 15 is 0 Å². The summed E-state index contributed by atoms with van der Waals surface area (Å²) in [6, 6.07) is 24.2. The van der Waals surface area contributed by atoms with Crippen molar-refractivity contribution in [3.8, 4) is 22.8 Å². The average Bonchev–Trinajstić information content (AvgIpc) is 2.92. The Bertz CT molecular complexity index is 1720. The van der Waals surface area contributed by atoms with E-state index in [1.807, 2.05) is 18.2 Å². The molecular weight excluding hydrogens is 484 g/mol. The first kappa shape index (κ1) is 24.3. The summed E-state index contributed by atoms with van der Waals surface area (Å²) >= 11 is 0. The molecule has 5 rings (SSSR count). The first-order valence-electron chi connectivity index (χ1n) is 11.6. The summed E-state index contributed by atoms with van der Waals surface area (Å²) in [4.78, 5) is 39.2. The van der Waals surface area contributed by atoms with Crippen LogP contribution < -0.4 is 26.4 Å². The number of carbonyl (C=O) groups excluding carboxylic acids is 2. The molecule has 4 aromatic carbocycles. The van der Waals surface area contributed by atoms with Crippen LogP contribution in [0, 0.1) is 6.92 Å². The molecule has 4 N–H and O–H groups in total. The maximum absolute atomic E-state index is 13.4. The normalized spacial score (nSPS) is 10.8. The number of ether oxygens (including phenoxy) is 2. The van der Waals surface area contributed by atoms with Crippen LogP contribution in [0.25, 0.3) is 22.3 Å². The Kier molecular flexibility index (Phi) is 6.37. The third-order valence-corrected chi connectivity index (χ3v) is 5.90. The molecule has 0 unspecified atom stereocenters. The smallest absolute Gasteiger partial charge is 0.343 e. The fourth-order valence-corrected chi connectivity index (χ4v) is 3.90. The molecule has 0 aliphatic carbocycles. The zero-order valence-corrected chi connectivity index (χ0v) is 20.3. The van der Waals surface area contributed by atoms with E-state index in [2.05, 4.69) is 0 Å². The monoisotopic (exact) mass is 506 g/mol. The number of hydrogen-bond donors (Lipinski definition) is 2. The standard InChI is InChI=1S/C30H22N2O6/c1-17-26(33)24-15-23(36-29(34)19-7-11-21(31)12-8-19)16-25(37-30(35)20-9-13-22(32)14-10-20)28(24)38-27(17)18-5-3-2-4-6-18/h2-16H,31-32H2,1H3. The van der Waals surface area contributed by atoms with Crippen molar-refractivity contribution in [1.29, 1.82) is 0 Å². The second-order valence-corrected chi connectivity index (χ2v) is 8.57. The van der Waals surface area contributed by atoms with Crippen LogP contribution in [0.3, 0.4) is 0 Å². The van der Waals surface area contributed by atoms with Gasteiger partial charge in [0.2, 0.25) is 0 Å². The highest BCUT2D eigenvalue weighted by Crippen LogP contribution is 2.35. The lowest BCUT2D eigenvalue weighted by Gasteiger charge is -2.13. The van der Waals surface area contributed by atoms with Crippen LogP contribution in [0.4, 0.5) is 11.4 Å². The van der Waals surface area contributed by atoms with Gasteiger partial charge in [-0.3, -0.25) is 4.79 Å². The molecule has 8 nitrogen and oxygen atoms in total. The molecule has 0 bridgehead atoms. The summed E-state index contributed by atoms with van der Waals surface area (Å²) in [6.07, 6.45) is 0. The highest BCUT2D eigenvalue weighted by Gasteiger charge is 2.21.